The standard InChI is InChI=1S/C23H18N8O4/c32-22(20-12-25-18-6-1-2-7-19(18)28-20)24-8-9-30-21-17(11-27-30)23(33)29(14-26-21)13-15-4-3-5-16(10-15)31(34)35/h1-7,10-12,14H,8-9,13H2,(H,24,32). The predicted molar refractivity (Wildman–Crippen MR) is 126 cm³/mol. The number of hydrogen-bond donors (Lipinski definition) is 1. The molecule has 0 aliphatic rings. The van der Waals surface area contributed by atoms with Gasteiger partial charge in [-0.15, -0.1) is 0 Å². The molecule has 0 saturated carbocycles. The van der Waals surface area contributed by atoms with Gasteiger partial charge in [0.2, 0.25) is 0 Å². The highest BCUT2D eigenvalue weighted by Gasteiger charge is 2.13. The summed E-state index contributed by atoms with van der Waals surface area (Å²) in [6.07, 6.45) is 4.22. The van der Waals surface area contributed by atoms with E-state index in [4.69, 9.17) is 0 Å². The third-order valence-electron chi connectivity index (χ3n) is 5.39. The number of carbonyl (C=O) groups excluding carboxylic acids is 1. The van der Waals surface area contributed by atoms with E-state index < -0.39 is 4.92 Å². The van der Waals surface area contributed by atoms with Crippen molar-refractivity contribution in [2.24, 2.45) is 0 Å². The molecule has 3 heterocycles. The van der Waals surface area contributed by atoms with Gasteiger partial charge in [0.25, 0.3) is 17.2 Å². The number of rotatable bonds is 7. The molecular weight excluding hydrogens is 452 g/mol. The van der Waals surface area contributed by atoms with Gasteiger partial charge in [0.15, 0.2) is 5.65 Å². The van der Waals surface area contributed by atoms with Gasteiger partial charge in [-0.25, -0.2) is 14.6 Å². The van der Waals surface area contributed by atoms with E-state index in [0.717, 1.165) is 0 Å². The lowest BCUT2D eigenvalue weighted by Crippen LogP contribution is -2.28. The molecule has 5 rings (SSSR count). The Morgan fingerprint density at radius 1 is 1.06 bits per heavy atom. The van der Waals surface area contributed by atoms with Crippen molar-refractivity contribution in [3.8, 4) is 0 Å². The summed E-state index contributed by atoms with van der Waals surface area (Å²) in [5.41, 5.74) is 2.16. The minimum absolute atomic E-state index is 0.0471. The van der Waals surface area contributed by atoms with Crippen molar-refractivity contribution in [2.45, 2.75) is 13.1 Å². The zero-order valence-corrected chi connectivity index (χ0v) is 18.2. The van der Waals surface area contributed by atoms with Crippen molar-refractivity contribution in [1.29, 1.82) is 0 Å². The van der Waals surface area contributed by atoms with Crippen LogP contribution in [0.25, 0.3) is 22.1 Å². The van der Waals surface area contributed by atoms with Crippen molar-refractivity contribution < 1.29 is 9.72 Å². The van der Waals surface area contributed by atoms with Crippen LogP contribution in [0.3, 0.4) is 0 Å². The molecule has 12 nitrogen and oxygen atoms in total. The maximum absolute atomic E-state index is 12.9. The summed E-state index contributed by atoms with van der Waals surface area (Å²) in [7, 11) is 0. The molecule has 0 fully saturated rings. The van der Waals surface area contributed by atoms with Gasteiger partial charge in [-0.1, -0.05) is 24.3 Å². The minimum atomic E-state index is -0.483. The van der Waals surface area contributed by atoms with Gasteiger partial charge in [0, 0.05) is 18.7 Å². The van der Waals surface area contributed by atoms with Gasteiger partial charge in [-0.3, -0.25) is 29.3 Å². The number of hydrogen-bond acceptors (Lipinski definition) is 8. The highest BCUT2D eigenvalue weighted by atomic mass is 16.6. The Morgan fingerprint density at radius 3 is 2.71 bits per heavy atom. The van der Waals surface area contributed by atoms with Gasteiger partial charge in [0.05, 0.1) is 41.4 Å². The molecule has 0 saturated heterocycles. The van der Waals surface area contributed by atoms with Crippen molar-refractivity contribution in [3.05, 3.63) is 99.0 Å². The van der Waals surface area contributed by atoms with Crippen LogP contribution in [0, 0.1) is 10.1 Å². The number of para-hydroxylation sites is 2. The van der Waals surface area contributed by atoms with E-state index in [9.17, 15) is 19.7 Å². The first kappa shape index (κ1) is 21.8. The third kappa shape index (κ3) is 4.44. The van der Waals surface area contributed by atoms with Crippen molar-refractivity contribution >= 4 is 33.7 Å². The molecule has 35 heavy (non-hydrogen) atoms. The first-order valence-corrected chi connectivity index (χ1v) is 10.6. The maximum atomic E-state index is 12.9. The quantitative estimate of drug-likeness (QED) is 0.280. The number of nitrogens with zero attached hydrogens (tertiary/aromatic N) is 7. The Bertz CT molecular complexity index is 1640. The molecule has 3 aromatic heterocycles. The number of amides is 1. The van der Waals surface area contributed by atoms with Gasteiger partial charge >= 0.3 is 0 Å². The zero-order valence-electron chi connectivity index (χ0n) is 18.2. The molecule has 0 radical (unpaired) electrons. The average molecular weight is 470 g/mol. The summed E-state index contributed by atoms with van der Waals surface area (Å²) in [4.78, 5) is 48.8. The molecule has 1 amide bonds. The fourth-order valence-corrected chi connectivity index (χ4v) is 3.67. The first-order valence-electron chi connectivity index (χ1n) is 10.6. The zero-order chi connectivity index (χ0) is 24.4. The Balaban J connectivity index is 1.28. The van der Waals surface area contributed by atoms with Crippen LogP contribution in [0.2, 0.25) is 0 Å². The molecule has 12 heteroatoms. The van der Waals surface area contributed by atoms with Crippen LogP contribution in [-0.4, -0.2) is 46.7 Å². The largest absolute Gasteiger partial charge is 0.349 e. The van der Waals surface area contributed by atoms with Crippen molar-refractivity contribution in [3.63, 3.8) is 0 Å². The van der Waals surface area contributed by atoms with Gasteiger partial charge in [-0.05, 0) is 17.7 Å². The molecular formula is C23H18N8O4. The molecule has 0 aliphatic carbocycles. The summed E-state index contributed by atoms with van der Waals surface area (Å²) >= 11 is 0. The van der Waals surface area contributed by atoms with Crippen LogP contribution in [0.4, 0.5) is 5.69 Å². The van der Waals surface area contributed by atoms with E-state index in [0.29, 0.717) is 27.6 Å². The Hall–Kier alpha value is -5.00. The van der Waals surface area contributed by atoms with Crippen LogP contribution >= 0.6 is 0 Å². The normalized spacial score (nSPS) is 11.1. The molecule has 1 N–H and O–H groups in total. The molecule has 0 spiro atoms. The fraction of sp³-hybridized carbons (Fsp3) is 0.130. The minimum Gasteiger partial charge on any atom is -0.349 e. The topological polar surface area (TPSA) is 151 Å². The number of nitrogens with one attached hydrogen (secondary N) is 1. The van der Waals surface area contributed by atoms with E-state index in [1.807, 2.05) is 18.2 Å². The van der Waals surface area contributed by atoms with Gasteiger partial charge < -0.3 is 5.32 Å². The Morgan fingerprint density at radius 2 is 1.89 bits per heavy atom. The van der Waals surface area contributed by atoms with Crippen LogP contribution in [0.1, 0.15) is 16.1 Å². The molecule has 0 aliphatic heterocycles. The van der Waals surface area contributed by atoms with Crippen LogP contribution in [-0.2, 0) is 13.1 Å². The van der Waals surface area contributed by atoms with E-state index in [-0.39, 0.29) is 42.5 Å². The fourth-order valence-electron chi connectivity index (χ4n) is 3.67. The summed E-state index contributed by atoms with van der Waals surface area (Å²) in [5, 5.41) is 18.3. The lowest BCUT2D eigenvalue weighted by Gasteiger charge is -2.08. The number of nitro groups is 1. The molecule has 2 aromatic carbocycles. The van der Waals surface area contributed by atoms with E-state index in [1.54, 1.807) is 18.2 Å². The van der Waals surface area contributed by atoms with E-state index in [1.165, 1.54) is 40.1 Å². The second-order valence-electron chi connectivity index (χ2n) is 7.71. The number of non-ortho nitro benzene ring substituents is 1. The number of fused-ring (bicyclic) bond motifs is 2. The highest BCUT2D eigenvalue weighted by molar-refractivity contribution is 5.93. The van der Waals surface area contributed by atoms with Crippen LogP contribution < -0.4 is 10.9 Å². The summed E-state index contributed by atoms with van der Waals surface area (Å²) in [5.74, 6) is -0.369. The van der Waals surface area contributed by atoms with Crippen molar-refractivity contribution in [1.82, 2.24) is 34.6 Å². The monoisotopic (exact) mass is 470 g/mol. The maximum Gasteiger partial charge on any atom is 0.271 e. The SMILES string of the molecule is O=C(NCCn1ncc2c(=O)n(Cc3cccc([N+](=O)[O-])c3)cnc21)c1cnc2ccccc2n1. The Kier molecular flexibility index (Phi) is 5.67. The smallest absolute Gasteiger partial charge is 0.271 e. The van der Waals surface area contributed by atoms with Crippen LogP contribution in [0.15, 0.2) is 72.0 Å². The second kappa shape index (κ2) is 9.09. The average Bonchev–Trinajstić information content (AvgIpc) is 3.29. The number of carbonyl (C=O) groups is 1. The Labute approximate surface area is 197 Å². The number of aromatic nitrogens is 6. The third-order valence-corrected chi connectivity index (χ3v) is 5.39. The summed E-state index contributed by atoms with van der Waals surface area (Å²) in [6, 6.07) is 13.4. The lowest BCUT2D eigenvalue weighted by atomic mass is 10.2. The predicted octanol–water partition coefficient (Wildman–Crippen LogP) is 1.92. The van der Waals surface area contributed by atoms with E-state index in [2.05, 4.69) is 25.4 Å². The van der Waals surface area contributed by atoms with E-state index >= 15 is 0 Å². The molecule has 0 bridgehead atoms. The van der Waals surface area contributed by atoms with Gasteiger partial charge in [0.1, 0.15) is 17.4 Å². The molecule has 0 atom stereocenters. The second-order valence-corrected chi connectivity index (χ2v) is 7.71. The van der Waals surface area contributed by atoms with Crippen molar-refractivity contribution in [2.75, 3.05) is 6.54 Å². The summed E-state index contributed by atoms with van der Waals surface area (Å²) < 4.78 is 2.90. The van der Waals surface area contributed by atoms with Gasteiger partial charge in [-0.2, -0.15) is 5.10 Å². The highest BCUT2D eigenvalue weighted by Crippen LogP contribution is 2.14. The van der Waals surface area contributed by atoms with Crippen LogP contribution in [0.5, 0.6) is 0 Å². The number of nitro benzene ring substituents is 1. The lowest BCUT2D eigenvalue weighted by molar-refractivity contribution is -0.384. The molecule has 174 valence electrons. The summed E-state index contributed by atoms with van der Waals surface area (Å²) in [6.45, 7) is 0.664. The number of benzene rings is 2. The molecule has 0 unspecified atom stereocenters. The molecule has 5 aromatic rings. The first-order chi connectivity index (χ1) is 17.0.